The summed E-state index contributed by atoms with van der Waals surface area (Å²) in [6.45, 7) is 3.66. The Labute approximate surface area is 148 Å². The van der Waals surface area contributed by atoms with Gasteiger partial charge in [0.25, 0.3) is 5.56 Å². The molecule has 0 saturated heterocycles. The average molecular weight is 365 g/mol. The Morgan fingerprint density at radius 1 is 1.33 bits per heavy atom. The first-order valence-electron chi connectivity index (χ1n) is 7.14. The van der Waals surface area contributed by atoms with Crippen LogP contribution in [0.25, 0.3) is 0 Å². The largest absolute Gasteiger partial charge is 0.493 e. The van der Waals surface area contributed by atoms with Crippen molar-refractivity contribution in [3.05, 3.63) is 49.7 Å². The zero-order valence-corrected chi connectivity index (χ0v) is 14.6. The normalized spacial score (nSPS) is 11.0. The summed E-state index contributed by atoms with van der Waals surface area (Å²) in [6, 6.07) is 6.57. The van der Waals surface area contributed by atoms with Crippen LogP contribution in [0.2, 0.25) is 10.0 Å². The Balaban J connectivity index is 2.62. The molecule has 0 saturated carbocycles. The van der Waals surface area contributed by atoms with E-state index in [-0.39, 0.29) is 34.3 Å². The van der Waals surface area contributed by atoms with Crippen LogP contribution in [0.4, 0.5) is 11.4 Å². The molecular formula is C16H14Cl2N4O2. The Morgan fingerprint density at radius 2 is 2.04 bits per heavy atom. The van der Waals surface area contributed by atoms with Crippen LogP contribution in [0.5, 0.6) is 5.88 Å². The van der Waals surface area contributed by atoms with Crippen LogP contribution in [0, 0.1) is 18.3 Å². The van der Waals surface area contributed by atoms with Gasteiger partial charge in [0, 0.05) is 17.1 Å². The molecule has 1 heterocycles. The van der Waals surface area contributed by atoms with E-state index in [2.05, 4.69) is 10.2 Å². The van der Waals surface area contributed by atoms with Crippen molar-refractivity contribution >= 4 is 34.6 Å². The zero-order valence-electron chi connectivity index (χ0n) is 13.0. The van der Waals surface area contributed by atoms with Gasteiger partial charge in [-0.15, -0.1) is 10.2 Å². The number of hydrogen-bond donors (Lipinski definition) is 1. The van der Waals surface area contributed by atoms with Crippen molar-refractivity contribution in [2.75, 3.05) is 0 Å². The first-order chi connectivity index (χ1) is 11.4. The van der Waals surface area contributed by atoms with E-state index in [0.29, 0.717) is 17.1 Å². The van der Waals surface area contributed by atoms with E-state index in [1.54, 1.807) is 12.1 Å². The van der Waals surface area contributed by atoms with E-state index < -0.39 is 5.56 Å². The van der Waals surface area contributed by atoms with Gasteiger partial charge in [0.1, 0.15) is 17.3 Å². The minimum absolute atomic E-state index is 0.000738. The molecule has 0 amide bonds. The molecule has 0 aliphatic rings. The SMILES string of the molecule is CCCn1c(O)c(C#N)c(C)c(N=Nc2ccc(Cl)cc2Cl)c1=O. The molecule has 0 unspecified atom stereocenters. The molecule has 0 radical (unpaired) electrons. The quantitative estimate of drug-likeness (QED) is 0.784. The van der Waals surface area contributed by atoms with Gasteiger partial charge in [0.05, 0.1) is 5.02 Å². The van der Waals surface area contributed by atoms with Crippen molar-refractivity contribution in [2.45, 2.75) is 26.8 Å². The van der Waals surface area contributed by atoms with E-state index in [4.69, 9.17) is 23.2 Å². The molecule has 1 aromatic heterocycles. The molecule has 24 heavy (non-hydrogen) atoms. The predicted molar refractivity (Wildman–Crippen MR) is 92.7 cm³/mol. The summed E-state index contributed by atoms with van der Waals surface area (Å²) in [5, 5.41) is 28.0. The van der Waals surface area contributed by atoms with Gasteiger partial charge in [-0.25, -0.2) is 0 Å². The lowest BCUT2D eigenvalue weighted by Crippen LogP contribution is -2.21. The minimum atomic E-state index is -0.514. The number of hydrogen-bond acceptors (Lipinski definition) is 5. The Morgan fingerprint density at radius 3 is 2.62 bits per heavy atom. The summed E-state index contributed by atoms with van der Waals surface area (Å²) in [4.78, 5) is 12.5. The highest BCUT2D eigenvalue weighted by molar-refractivity contribution is 6.36. The van der Waals surface area contributed by atoms with Crippen molar-refractivity contribution in [3.63, 3.8) is 0 Å². The second-order valence-electron chi connectivity index (χ2n) is 5.04. The summed E-state index contributed by atoms with van der Waals surface area (Å²) in [7, 11) is 0. The topological polar surface area (TPSA) is 90.7 Å². The van der Waals surface area contributed by atoms with Crippen LogP contribution >= 0.6 is 23.2 Å². The average Bonchev–Trinajstić information content (AvgIpc) is 2.53. The van der Waals surface area contributed by atoms with E-state index >= 15 is 0 Å². The van der Waals surface area contributed by atoms with E-state index in [0.717, 1.165) is 4.57 Å². The summed E-state index contributed by atoms with van der Waals surface area (Å²) in [5.74, 6) is -0.356. The first kappa shape index (κ1) is 18.0. The van der Waals surface area contributed by atoms with Crippen molar-refractivity contribution in [1.29, 1.82) is 5.26 Å². The van der Waals surface area contributed by atoms with Crippen molar-refractivity contribution in [1.82, 2.24) is 4.57 Å². The van der Waals surface area contributed by atoms with Gasteiger partial charge in [-0.2, -0.15) is 5.26 Å². The van der Waals surface area contributed by atoms with Gasteiger partial charge in [0.15, 0.2) is 5.69 Å². The summed E-state index contributed by atoms with van der Waals surface area (Å²) < 4.78 is 1.11. The molecule has 0 aliphatic heterocycles. The van der Waals surface area contributed by atoms with Crippen LogP contribution in [0.3, 0.4) is 0 Å². The minimum Gasteiger partial charge on any atom is -0.493 e. The maximum atomic E-state index is 12.5. The lowest BCUT2D eigenvalue weighted by molar-refractivity contribution is 0.402. The lowest BCUT2D eigenvalue weighted by Gasteiger charge is -2.11. The smallest absolute Gasteiger partial charge is 0.281 e. The number of nitriles is 1. The molecule has 124 valence electrons. The van der Waals surface area contributed by atoms with Crippen LogP contribution < -0.4 is 5.56 Å². The fraction of sp³-hybridized carbons (Fsp3) is 0.250. The fourth-order valence-electron chi connectivity index (χ4n) is 2.15. The Hall–Kier alpha value is -2.36. The van der Waals surface area contributed by atoms with Gasteiger partial charge in [-0.3, -0.25) is 9.36 Å². The van der Waals surface area contributed by atoms with E-state index in [1.807, 2.05) is 13.0 Å². The number of azo groups is 1. The van der Waals surface area contributed by atoms with Gasteiger partial charge in [-0.1, -0.05) is 30.1 Å². The van der Waals surface area contributed by atoms with Gasteiger partial charge >= 0.3 is 0 Å². The second-order valence-corrected chi connectivity index (χ2v) is 5.88. The van der Waals surface area contributed by atoms with Crippen molar-refractivity contribution < 1.29 is 5.11 Å². The maximum absolute atomic E-state index is 12.5. The number of aromatic hydroxyl groups is 1. The van der Waals surface area contributed by atoms with Gasteiger partial charge in [-0.05, 0) is 31.5 Å². The standard InChI is InChI=1S/C16H14Cl2N4O2/c1-3-6-22-15(23)11(8-19)9(2)14(16(22)24)21-20-13-5-4-10(17)7-12(13)18/h4-5,7,23H,3,6H2,1-2H3. The Kier molecular flexibility index (Phi) is 5.60. The van der Waals surface area contributed by atoms with Crippen molar-refractivity contribution in [3.8, 4) is 11.9 Å². The third-order valence-electron chi connectivity index (χ3n) is 3.38. The van der Waals surface area contributed by atoms with Crippen LogP contribution in [-0.4, -0.2) is 9.67 Å². The molecule has 6 nitrogen and oxygen atoms in total. The highest BCUT2D eigenvalue weighted by Crippen LogP contribution is 2.31. The molecule has 0 spiro atoms. The number of nitrogens with zero attached hydrogens (tertiary/aromatic N) is 4. The molecule has 8 heteroatoms. The van der Waals surface area contributed by atoms with Crippen molar-refractivity contribution in [2.24, 2.45) is 10.2 Å². The molecule has 2 rings (SSSR count). The van der Waals surface area contributed by atoms with Crippen LogP contribution in [-0.2, 0) is 6.54 Å². The number of benzene rings is 1. The monoisotopic (exact) mass is 364 g/mol. The van der Waals surface area contributed by atoms with Gasteiger partial charge in [0.2, 0.25) is 5.88 Å². The predicted octanol–water partition coefficient (Wildman–Crippen LogP) is 4.87. The molecule has 1 N–H and O–H groups in total. The number of halogens is 2. The summed E-state index contributed by atoms with van der Waals surface area (Å²) in [6.07, 6.45) is 0.612. The third kappa shape index (κ3) is 3.42. The molecule has 0 bridgehead atoms. The van der Waals surface area contributed by atoms with Gasteiger partial charge < -0.3 is 5.11 Å². The highest BCUT2D eigenvalue weighted by Gasteiger charge is 2.18. The molecule has 0 aliphatic carbocycles. The Bertz CT molecular complexity index is 914. The number of pyridine rings is 1. The zero-order chi connectivity index (χ0) is 17.9. The molecular weight excluding hydrogens is 351 g/mol. The first-order valence-corrected chi connectivity index (χ1v) is 7.89. The number of aromatic nitrogens is 1. The van der Waals surface area contributed by atoms with Crippen LogP contribution in [0.1, 0.15) is 24.5 Å². The molecule has 0 fully saturated rings. The highest BCUT2D eigenvalue weighted by atomic mass is 35.5. The molecule has 1 aromatic carbocycles. The molecule has 0 atom stereocenters. The summed E-state index contributed by atoms with van der Waals surface area (Å²) >= 11 is 11.8. The van der Waals surface area contributed by atoms with E-state index in [1.165, 1.54) is 13.0 Å². The number of rotatable bonds is 4. The summed E-state index contributed by atoms with van der Waals surface area (Å²) in [5.41, 5.74) is 0.0809. The molecule has 2 aromatic rings. The van der Waals surface area contributed by atoms with E-state index in [9.17, 15) is 15.2 Å². The second kappa shape index (κ2) is 7.47. The third-order valence-corrected chi connectivity index (χ3v) is 3.92. The maximum Gasteiger partial charge on any atom is 0.281 e. The fourth-order valence-corrected chi connectivity index (χ4v) is 2.60. The lowest BCUT2D eigenvalue weighted by atomic mass is 10.1. The van der Waals surface area contributed by atoms with Crippen LogP contribution in [0.15, 0.2) is 33.2 Å².